The SMILES string of the molecule is CC1CCC(C2CCC(c3ccc4c(c3)OCC(O)(C(F)(F)C(F)(F)F)C4)CC2)CC1. The fourth-order valence-electron chi connectivity index (χ4n) is 5.82. The molecule has 2 saturated carbocycles. The van der Waals surface area contributed by atoms with Gasteiger partial charge < -0.3 is 9.84 Å². The van der Waals surface area contributed by atoms with Crippen LogP contribution < -0.4 is 4.74 Å². The van der Waals surface area contributed by atoms with Crippen LogP contribution in [0.25, 0.3) is 0 Å². The lowest BCUT2D eigenvalue weighted by molar-refractivity contribution is -0.346. The third-order valence-corrected chi connectivity index (χ3v) is 7.95. The van der Waals surface area contributed by atoms with Crippen molar-refractivity contribution >= 4 is 0 Å². The summed E-state index contributed by atoms with van der Waals surface area (Å²) in [7, 11) is 0. The number of alkyl halides is 5. The topological polar surface area (TPSA) is 29.5 Å². The molecular weight excluding hydrogens is 415 g/mol. The van der Waals surface area contributed by atoms with E-state index in [0.717, 1.165) is 36.2 Å². The van der Waals surface area contributed by atoms with Gasteiger partial charge in [-0.15, -0.1) is 0 Å². The highest BCUT2D eigenvalue weighted by Gasteiger charge is 2.70. The maximum Gasteiger partial charge on any atom is 0.456 e. The molecule has 1 aromatic rings. The molecule has 1 aromatic carbocycles. The predicted octanol–water partition coefficient (Wildman–Crippen LogP) is 6.65. The summed E-state index contributed by atoms with van der Waals surface area (Å²) in [4.78, 5) is 0. The van der Waals surface area contributed by atoms with Gasteiger partial charge in [-0.1, -0.05) is 31.9 Å². The Kier molecular flexibility index (Phi) is 6.03. The molecule has 1 heterocycles. The summed E-state index contributed by atoms with van der Waals surface area (Å²) in [5, 5.41) is 10.1. The van der Waals surface area contributed by atoms with Crippen LogP contribution in [0.1, 0.15) is 75.3 Å². The zero-order valence-electron chi connectivity index (χ0n) is 17.9. The van der Waals surface area contributed by atoms with Gasteiger partial charge in [-0.3, -0.25) is 0 Å². The molecule has 1 N–H and O–H groups in total. The maximum absolute atomic E-state index is 13.8. The second-order valence-corrected chi connectivity index (χ2v) is 10.1. The molecule has 3 aliphatic rings. The molecule has 174 valence electrons. The largest absolute Gasteiger partial charge is 0.490 e. The van der Waals surface area contributed by atoms with Crippen LogP contribution >= 0.6 is 0 Å². The van der Waals surface area contributed by atoms with Crippen LogP contribution in [0, 0.1) is 17.8 Å². The molecular formula is C24H31F5O2. The molecule has 4 rings (SSSR count). The average Bonchev–Trinajstić information content (AvgIpc) is 2.73. The summed E-state index contributed by atoms with van der Waals surface area (Å²) in [5.74, 6) is -2.13. The van der Waals surface area contributed by atoms with Crippen molar-refractivity contribution in [1.82, 2.24) is 0 Å². The van der Waals surface area contributed by atoms with Gasteiger partial charge in [-0.25, -0.2) is 0 Å². The normalized spacial score (nSPS) is 34.7. The number of hydrogen-bond acceptors (Lipinski definition) is 2. The van der Waals surface area contributed by atoms with Gasteiger partial charge in [0.1, 0.15) is 12.4 Å². The van der Waals surface area contributed by atoms with Gasteiger partial charge in [0.05, 0.1) is 0 Å². The van der Waals surface area contributed by atoms with Gasteiger partial charge in [-0.05, 0) is 79.4 Å². The van der Waals surface area contributed by atoms with Gasteiger partial charge in [0, 0.05) is 6.42 Å². The van der Waals surface area contributed by atoms with Gasteiger partial charge in [0.15, 0.2) is 5.60 Å². The molecule has 31 heavy (non-hydrogen) atoms. The Hall–Kier alpha value is -1.37. The number of halogens is 5. The van der Waals surface area contributed by atoms with Crippen LogP contribution in [-0.4, -0.2) is 29.4 Å². The highest BCUT2D eigenvalue weighted by molar-refractivity contribution is 5.42. The zero-order chi connectivity index (χ0) is 22.4. The number of hydrogen-bond donors (Lipinski definition) is 1. The number of fused-ring (bicyclic) bond motifs is 1. The van der Waals surface area contributed by atoms with Crippen molar-refractivity contribution in [2.75, 3.05) is 6.61 Å². The summed E-state index contributed by atoms with van der Waals surface area (Å²) < 4.78 is 71.2. The third-order valence-electron chi connectivity index (χ3n) is 7.95. The molecule has 0 radical (unpaired) electrons. The second-order valence-electron chi connectivity index (χ2n) is 10.1. The van der Waals surface area contributed by atoms with Crippen molar-refractivity contribution in [3.8, 4) is 5.75 Å². The summed E-state index contributed by atoms with van der Waals surface area (Å²) in [6.45, 7) is 1.25. The quantitative estimate of drug-likeness (QED) is 0.527. The van der Waals surface area contributed by atoms with Crippen LogP contribution in [0.3, 0.4) is 0 Å². The van der Waals surface area contributed by atoms with Gasteiger partial charge >= 0.3 is 12.1 Å². The van der Waals surface area contributed by atoms with E-state index in [9.17, 15) is 27.1 Å². The van der Waals surface area contributed by atoms with Crippen molar-refractivity contribution in [2.24, 2.45) is 17.8 Å². The van der Waals surface area contributed by atoms with Crippen molar-refractivity contribution in [2.45, 2.75) is 88.3 Å². The number of ether oxygens (including phenoxy) is 1. The van der Waals surface area contributed by atoms with Crippen molar-refractivity contribution < 1.29 is 31.8 Å². The first-order chi connectivity index (χ1) is 14.5. The van der Waals surface area contributed by atoms with E-state index in [-0.39, 0.29) is 5.56 Å². The fourth-order valence-corrected chi connectivity index (χ4v) is 5.82. The van der Waals surface area contributed by atoms with Crippen LogP contribution in [0.2, 0.25) is 0 Å². The lowest BCUT2D eigenvalue weighted by Crippen LogP contribution is -2.62. The lowest BCUT2D eigenvalue weighted by atomic mass is 9.68. The fraction of sp³-hybridized carbons (Fsp3) is 0.750. The van der Waals surface area contributed by atoms with Crippen LogP contribution in [-0.2, 0) is 6.42 Å². The molecule has 1 atom stereocenters. The molecule has 2 aliphatic carbocycles. The van der Waals surface area contributed by atoms with Crippen LogP contribution in [0.15, 0.2) is 18.2 Å². The smallest absolute Gasteiger partial charge is 0.456 e. The Morgan fingerprint density at radius 3 is 2.06 bits per heavy atom. The molecule has 2 fully saturated rings. The minimum atomic E-state index is -5.84. The summed E-state index contributed by atoms with van der Waals surface area (Å²) >= 11 is 0. The average molecular weight is 447 g/mol. The minimum absolute atomic E-state index is 0.187. The molecule has 1 unspecified atom stereocenters. The predicted molar refractivity (Wildman–Crippen MR) is 107 cm³/mol. The zero-order valence-corrected chi connectivity index (χ0v) is 17.9. The van der Waals surface area contributed by atoms with Crippen LogP contribution in [0.5, 0.6) is 5.75 Å². The van der Waals surface area contributed by atoms with E-state index in [4.69, 9.17) is 4.74 Å². The summed E-state index contributed by atoms with van der Waals surface area (Å²) in [6, 6.07) is 5.11. The van der Waals surface area contributed by atoms with E-state index >= 15 is 0 Å². The number of rotatable bonds is 3. The Labute approximate surface area is 180 Å². The van der Waals surface area contributed by atoms with Crippen LogP contribution in [0.4, 0.5) is 22.0 Å². The minimum Gasteiger partial charge on any atom is -0.490 e. The Morgan fingerprint density at radius 2 is 1.48 bits per heavy atom. The van der Waals surface area contributed by atoms with E-state index in [1.807, 2.05) is 0 Å². The van der Waals surface area contributed by atoms with Gasteiger partial charge in [0.2, 0.25) is 0 Å². The summed E-state index contributed by atoms with van der Waals surface area (Å²) in [5.41, 5.74) is -2.07. The first kappa shape index (κ1) is 22.8. The molecule has 0 bridgehead atoms. The van der Waals surface area contributed by atoms with Crippen molar-refractivity contribution in [3.05, 3.63) is 29.3 Å². The third kappa shape index (κ3) is 4.31. The Balaban J connectivity index is 1.40. The van der Waals surface area contributed by atoms with E-state index in [1.165, 1.54) is 44.6 Å². The number of aliphatic hydroxyl groups is 1. The second kappa shape index (κ2) is 8.20. The van der Waals surface area contributed by atoms with Crippen molar-refractivity contribution in [3.63, 3.8) is 0 Å². The summed E-state index contributed by atoms with van der Waals surface area (Å²) in [6.07, 6.45) is 3.16. The van der Waals surface area contributed by atoms with Gasteiger partial charge in [-0.2, -0.15) is 22.0 Å². The van der Waals surface area contributed by atoms with Gasteiger partial charge in [0.25, 0.3) is 0 Å². The standard InChI is InChI=1S/C24H31F5O2/c1-15-2-4-16(5-3-15)17-6-8-18(9-7-17)19-10-11-20-13-22(30,14-31-21(20)12-19)23(25,26)24(27,28)29/h10-12,15-18,30H,2-9,13-14H2,1H3. The first-order valence-corrected chi connectivity index (χ1v) is 11.4. The highest BCUT2D eigenvalue weighted by atomic mass is 19.4. The van der Waals surface area contributed by atoms with E-state index in [0.29, 0.717) is 11.7 Å². The van der Waals surface area contributed by atoms with E-state index in [1.54, 1.807) is 12.1 Å². The molecule has 7 heteroatoms. The molecule has 0 aromatic heterocycles. The monoisotopic (exact) mass is 446 g/mol. The molecule has 1 aliphatic heterocycles. The van der Waals surface area contributed by atoms with E-state index < -0.39 is 30.7 Å². The Bertz CT molecular complexity index is 777. The Morgan fingerprint density at radius 1 is 0.903 bits per heavy atom. The molecule has 0 amide bonds. The van der Waals surface area contributed by atoms with E-state index in [2.05, 4.69) is 6.92 Å². The first-order valence-electron chi connectivity index (χ1n) is 11.4. The maximum atomic E-state index is 13.8. The molecule has 0 spiro atoms. The lowest BCUT2D eigenvalue weighted by Gasteiger charge is -2.40. The highest BCUT2D eigenvalue weighted by Crippen LogP contribution is 2.49. The molecule has 2 nitrogen and oxygen atoms in total. The number of benzene rings is 1. The molecule has 0 saturated heterocycles. The van der Waals surface area contributed by atoms with Crippen molar-refractivity contribution in [1.29, 1.82) is 0 Å².